The molecule has 8 rings (SSSR count). The highest BCUT2D eigenvalue weighted by Crippen LogP contribution is 2.70. The Labute approximate surface area is 380 Å². The standard InChI is InChI=1S/C43H68O23/c1-16-10-42-8-5-18-17(4-3-7-41(18,2)40(58)65-38-33(57)30(54)26(50)22(13-46)61-38)19(42)6-9-43(16,15-42)66-39-35(64-37-32(56)29(53)25(49)21(12-45)60-37)34(27(51)23(14-47)62-39)63-36-31(55)28(52)24(48)20(11-44)59-36/h17-39,44-57H,1,3-15H2,2H3/t17?,18-,19-,20?,21?,22?,23?,24?,25?,26?,27?,28?,29?,30?,31?,32?,33?,34?,35?,36?,37?,38?,39?,41+,42+,43-/m0/s1. The molecule has 4 saturated carbocycles. The van der Waals surface area contributed by atoms with Gasteiger partial charge in [0.25, 0.3) is 0 Å². The van der Waals surface area contributed by atoms with Crippen LogP contribution in [0.25, 0.3) is 0 Å². The number of aliphatic hydroxyl groups excluding tert-OH is 14. The summed E-state index contributed by atoms with van der Waals surface area (Å²) in [6.45, 7) is 3.22. The Balaban J connectivity index is 1.05. The number of hydrogen-bond donors (Lipinski definition) is 14. The molecule has 4 aliphatic heterocycles. The van der Waals surface area contributed by atoms with E-state index in [0.717, 1.165) is 6.42 Å². The second kappa shape index (κ2) is 19.5. The summed E-state index contributed by atoms with van der Waals surface area (Å²) in [5.74, 6) is -0.647. The smallest absolute Gasteiger partial charge is 0.314 e. The Morgan fingerprint density at radius 2 is 1.05 bits per heavy atom. The van der Waals surface area contributed by atoms with Gasteiger partial charge >= 0.3 is 5.97 Å². The minimum Gasteiger partial charge on any atom is -0.432 e. The van der Waals surface area contributed by atoms with Crippen molar-refractivity contribution < 1.29 is 114 Å². The molecule has 8 fully saturated rings. The van der Waals surface area contributed by atoms with Gasteiger partial charge in [-0.05, 0) is 87.0 Å². The first-order valence-corrected chi connectivity index (χ1v) is 23.0. The van der Waals surface area contributed by atoms with Crippen molar-refractivity contribution in [1.82, 2.24) is 0 Å². The van der Waals surface area contributed by atoms with Crippen LogP contribution in [-0.4, -0.2) is 232 Å². The van der Waals surface area contributed by atoms with Crippen LogP contribution in [0.4, 0.5) is 0 Å². The molecule has 4 saturated heterocycles. The molecule has 23 nitrogen and oxygen atoms in total. The number of esters is 1. The first-order chi connectivity index (χ1) is 31.3. The highest BCUT2D eigenvalue weighted by atomic mass is 16.8. The SMILES string of the molecule is C=C1C[C@@]23CC[C@H]4C(CCC[C@@]4(C)C(=O)OC4OC(CO)C(O)C(O)C4O)[C@@H]2CC[C@]1(OC1OC(CO)C(O)C(OC2OC(CO)C(O)C(O)C2O)C1OC1OC(CO)C(O)C(O)C1O)C3. The molecule has 2 bridgehead atoms. The predicted octanol–water partition coefficient (Wildman–Crippen LogP) is -5.50. The van der Waals surface area contributed by atoms with Crippen molar-refractivity contribution >= 4 is 5.97 Å². The Bertz CT molecular complexity index is 1710. The van der Waals surface area contributed by atoms with Gasteiger partial charge in [0.15, 0.2) is 18.9 Å². The number of rotatable bonds is 12. The van der Waals surface area contributed by atoms with Crippen LogP contribution < -0.4 is 0 Å². The van der Waals surface area contributed by atoms with Crippen molar-refractivity contribution in [2.45, 2.75) is 193 Å². The van der Waals surface area contributed by atoms with Crippen molar-refractivity contribution in [2.24, 2.45) is 28.6 Å². The van der Waals surface area contributed by atoms with Crippen molar-refractivity contribution in [3.8, 4) is 0 Å². The van der Waals surface area contributed by atoms with E-state index in [1.807, 2.05) is 6.92 Å². The molecular weight excluding hydrogens is 884 g/mol. The summed E-state index contributed by atoms with van der Waals surface area (Å²) < 4.78 is 48.0. The summed E-state index contributed by atoms with van der Waals surface area (Å²) in [5, 5.41) is 147. The maximum Gasteiger partial charge on any atom is 0.314 e. The molecule has 0 amide bonds. The van der Waals surface area contributed by atoms with E-state index in [2.05, 4.69) is 6.58 Å². The fourth-order valence-corrected chi connectivity index (χ4v) is 12.8. The third-order valence-electron chi connectivity index (χ3n) is 16.5. The molecule has 66 heavy (non-hydrogen) atoms. The number of ether oxygens (including phenoxy) is 8. The Hall–Kier alpha value is -1.63. The van der Waals surface area contributed by atoms with Crippen LogP contribution in [0.2, 0.25) is 0 Å². The van der Waals surface area contributed by atoms with Crippen molar-refractivity contribution in [3.05, 3.63) is 12.2 Å². The van der Waals surface area contributed by atoms with Gasteiger partial charge in [0.1, 0.15) is 97.7 Å². The number of hydrogen-bond acceptors (Lipinski definition) is 23. The molecule has 14 N–H and O–H groups in total. The van der Waals surface area contributed by atoms with Gasteiger partial charge in [-0.3, -0.25) is 4.79 Å². The second-order valence-corrected chi connectivity index (χ2v) is 20.1. The quantitative estimate of drug-likeness (QED) is 0.0493. The predicted molar refractivity (Wildman–Crippen MR) is 214 cm³/mol. The Morgan fingerprint density at radius 1 is 0.576 bits per heavy atom. The molecule has 23 heteroatoms. The molecule has 8 aliphatic rings. The van der Waals surface area contributed by atoms with E-state index in [-0.39, 0.29) is 23.2 Å². The summed E-state index contributed by atoms with van der Waals surface area (Å²) in [6, 6.07) is 0. The normalized spacial score (nSPS) is 54.0. The average molecular weight is 953 g/mol. The largest absolute Gasteiger partial charge is 0.432 e. The fraction of sp³-hybridized carbons (Fsp3) is 0.930. The van der Waals surface area contributed by atoms with Gasteiger partial charge in [0.05, 0.1) is 37.4 Å². The fourth-order valence-electron chi connectivity index (χ4n) is 12.8. The molecule has 26 atom stereocenters. The van der Waals surface area contributed by atoms with Crippen LogP contribution >= 0.6 is 0 Å². The third kappa shape index (κ3) is 8.59. The molecule has 1 spiro atoms. The summed E-state index contributed by atoms with van der Waals surface area (Å²) in [6.07, 6.45) is -28.8. The zero-order valence-corrected chi connectivity index (χ0v) is 36.6. The third-order valence-corrected chi connectivity index (χ3v) is 16.5. The van der Waals surface area contributed by atoms with Crippen molar-refractivity contribution in [2.75, 3.05) is 26.4 Å². The molecular formula is C43H68O23. The summed E-state index contributed by atoms with van der Waals surface area (Å²) in [5.41, 5.74) is -1.80. The van der Waals surface area contributed by atoms with Gasteiger partial charge < -0.3 is 109 Å². The zero-order chi connectivity index (χ0) is 47.8. The number of carbonyl (C=O) groups is 1. The van der Waals surface area contributed by atoms with Crippen LogP contribution in [0.15, 0.2) is 12.2 Å². The van der Waals surface area contributed by atoms with Gasteiger partial charge in [-0.1, -0.05) is 13.0 Å². The molecule has 0 aromatic carbocycles. The minimum absolute atomic E-state index is 0.0437. The lowest BCUT2D eigenvalue weighted by Gasteiger charge is -2.59. The average Bonchev–Trinajstić information content (AvgIpc) is 3.50. The number of aliphatic hydroxyl groups is 14. The van der Waals surface area contributed by atoms with E-state index in [1.54, 1.807) is 0 Å². The van der Waals surface area contributed by atoms with E-state index in [4.69, 9.17) is 37.9 Å². The van der Waals surface area contributed by atoms with E-state index in [9.17, 15) is 76.3 Å². The molecule has 0 radical (unpaired) electrons. The van der Waals surface area contributed by atoms with Gasteiger partial charge in [-0.15, -0.1) is 0 Å². The number of carbonyl (C=O) groups excluding carboxylic acids is 1. The first kappa shape index (κ1) is 50.7. The van der Waals surface area contributed by atoms with Gasteiger partial charge in [0.2, 0.25) is 6.29 Å². The van der Waals surface area contributed by atoms with Gasteiger partial charge in [0, 0.05) is 0 Å². The maximum absolute atomic E-state index is 14.1. The number of fused-ring (bicyclic) bond motifs is 3. The Kier molecular flexibility index (Phi) is 15.0. The van der Waals surface area contributed by atoms with Crippen LogP contribution in [0.3, 0.4) is 0 Å². The van der Waals surface area contributed by atoms with E-state index < -0.39 is 166 Å². The summed E-state index contributed by atoms with van der Waals surface area (Å²) >= 11 is 0. The van der Waals surface area contributed by atoms with Crippen molar-refractivity contribution in [3.63, 3.8) is 0 Å². The topological polar surface area (TPSA) is 374 Å². The maximum atomic E-state index is 14.1. The lowest BCUT2D eigenvalue weighted by molar-refractivity contribution is -0.399. The second-order valence-electron chi connectivity index (χ2n) is 20.1. The highest BCUT2D eigenvalue weighted by Gasteiger charge is 2.67. The van der Waals surface area contributed by atoms with E-state index in [0.29, 0.717) is 56.9 Å². The van der Waals surface area contributed by atoms with E-state index in [1.165, 1.54) is 0 Å². The Morgan fingerprint density at radius 3 is 1.59 bits per heavy atom. The van der Waals surface area contributed by atoms with Crippen LogP contribution in [-0.2, 0) is 42.7 Å². The minimum atomic E-state index is -1.95. The molecule has 0 aromatic heterocycles. The monoisotopic (exact) mass is 952 g/mol. The van der Waals surface area contributed by atoms with Gasteiger partial charge in [-0.2, -0.15) is 0 Å². The van der Waals surface area contributed by atoms with E-state index >= 15 is 0 Å². The van der Waals surface area contributed by atoms with Crippen molar-refractivity contribution in [1.29, 1.82) is 0 Å². The van der Waals surface area contributed by atoms with Crippen LogP contribution in [0.5, 0.6) is 0 Å². The van der Waals surface area contributed by atoms with Gasteiger partial charge in [-0.25, -0.2) is 0 Å². The van der Waals surface area contributed by atoms with Crippen LogP contribution in [0.1, 0.15) is 64.7 Å². The summed E-state index contributed by atoms with van der Waals surface area (Å²) in [7, 11) is 0. The molecule has 0 aromatic rings. The van der Waals surface area contributed by atoms with Crippen LogP contribution in [0, 0.1) is 28.6 Å². The highest BCUT2D eigenvalue weighted by molar-refractivity contribution is 5.77. The molecule has 4 heterocycles. The molecule has 21 unspecified atom stereocenters. The molecule has 378 valence electrons. The summed E-state index contributed by atoms with van der Waals surface area (Å²) in [4.78, 5) is 14.1. The lowest BCUT2D eigenvalue weighted by Crippen LogP contribution is -2.68. The lowest BCUT2D eigenvalue weighted by atomic mass is 9.46. The first-order valence-electron chi connectivity index (χ1n) is 23.0. The zero-order valence-electron chi connectivity index (χ0n) is 36.6. The molecule has 4 aliphatic carbocycles.